The Bertz CT molecular complexity index is 1110. The molecule has 1 atom stereocenters. The predicted molar refractivity (Wildman–Crippen MR) is 124 cm³/mol. The average Bonchev–Trinajstić information content (AvgIpc) is 2.76. The molecule has 0 bridgehead atoms. The Labute approximate surface area is 186 Å². The Kier molecular flexibility index (Phi) is 7.49. The van der Waals surface area contributed by atoms with Gasteiger partial charge in [-0.2, -0.15) is 0 Å². The first-order valence-electron chi connectivity index (χ1n) is 10.4. The molecule has 3 aromatic rings. The van der Waals surface area contributed by atoms with E-state index in [1.807, 2.05) is 25.1 Å². The third kappa shape index (κ3) is 5.53. The lowest BCUT2D eigenvalue weighted by Gasteiger charge is -2.25. The maximum absolute atomic E-state index is 13.2. The van der Waals surface area contributed by atoms with Gasteiger partial charge in [-0.1, -0.05) is 49.9 Å². The van der Waals surface area contributed by atoms with Crippen LogP contribution in [0, 0.1) is 11.7 Å². The van der Waals surface area contributed by atoms with Crippen LogP contribution in [0.15, 0.2) is 58.5 Å². The van der Waals surface area contributed by atoms with E-state index < -0.39 is 0 Å². The average molecular weight is 442 g/mol. The molecule has 0 saturated heterocycles. The van der Waals surface area contributed by atoms with Gasteiger partial charge in [-0.05, 0) is 49.1 Å². The normalized spacial score (nSPS) is 12.3. The molecule has 0 N–H and O–H groups in total. The van der Waals surface area contributed by atoms with Crippen LogP contribution in [0.2, 0.25) is 0 Å². The molecule has 0 fully saturated rings. The lowest BCUT2D eigenvalue weighted by molar-refractivity contribution is -0.128. The van der Waals surface area contributed by atoms with Crippen LogP contribution in [0.4, 0.5) is 4.39 Å². The summed E-state index contributed by atoms with van der Waals surface area (Å²) in [4.78, 5) is 32.2. The van der Waals surface area contributed by atoms with E-state index in [9.17, 15) is 14.0 Å². The zero-order valence-corrected chi connectivity index (χ0v) is 19.2. The molecule has 3 rings (SSSR count). The summed E-state index contributed by atoms with van der Waals surface area (Å²) >= 11 is 1.28. The summed E-state index contributed by atoms with van der Waals surface area (Å²) in [7, 11) is 1.73. The number of thioether (sulfide) groups is 1. The fourth-order valence-electron chi connectivity index (χ4n) is 3.25. The fraction of sp³-hybridized carbons (Fsp3) is 0.375. The highest BCUT2D eigenvalue weighted by Crippen LogP contribution is 2.23. The monoisotopic (exact) mass is 441 g/mol. The molecule has 1 amide bonds. The second-order valence-corrected chi connectivity index (χ2v) is 9.01. The third-order valence-electron chi connectivity index (χ3n) is 5.41. The van der Waals surface area contributed by atoms with Crippen LogP contribution in [0.5, 0.6) is 0 Å². The van der Waals surface area contributed by atoms with Crippen LogP contribution in [-0.4, -0.2) is 33.2 Å². The SMILES string of the molecule is CC(C)CCn1c(SCC(=O)N(C)C(C)c2ccc(F)cc2)nc2ccccc2c1=O. The Morgan fingerprint density at radius 1 is 1.13 bits per heavy atom. The number of fused-ring (bicyclic) bond motifs is 1. The highest BCUT2D eigenvalue weighted by atomic mass is 32.2. The predicted octanol–water partition coefficient (Wildman–Crippen LogP) is 4.89. The molecular weight excluding hydrogens is 413 g/mol. The molecule has 7 heteroatoms. The quantitative estimate of drug-likeness (QED) is 0.369. The molecule has 0 aliphatic carbocycles. The standard InChI is InChI=1S/C24H28FN3O2S/c1-16(2)13-14-28-23(30)20-7-5-6-8-21(20)26-24(28)31-15-22(29)27(4)17(3)18-9-11-19(25)12-10-18/h5-12,16-17H,13-15H2,1-4H3. The van der Waals surface area contributed by atoms with Crippen molar-refractivity contribution in [2.75, 3.05) is 12.8 Å². The second kappa shape index (κ2) is 10.1. The van der Waals surface area contributed by atoms with Crippen molar-refractivity contribution in [2.24, 2.45) is 5.92 Å². The van der Waals surface area contributed by atoms with Crippen molar-refractivity contribution in [3.63, 3.8) is 0 Å². The number of hydrogen-bond donors (Lipinski definition) is 0. The van der Waals surface area contributed by atoms with Gasteiger partial charge in [0.1, 0.15) is 5.82 Å². The van der Waals surface area contributed by atoms with Gasteiger partial charge >= 0.3 is 0 Å². The van der Waals surface area contributed by atoms with Gasteiger partial charge in [0, 0.05) is 13.6 Å². The Balaban J connectivity index is 1.80. The van der Waals surface area contributed by atoms with E-state index in [4.69, 9.17) is 0 Å². The zero-order valence-electron chi connectivity index (χ0n) is 18.3. The van der Waals surface area contributed by atoms with E-state index in [0.29, 0.717) is 28.5 Å². The van der Waals surface area contributed by atoms with Crippen LogP contribution in [0.25, 0.3) is 10.9 Å². The molecule has 0 spiro atoms. The van der Waals surface area contributed by atoms with Crippen LogP contribution < -0.4 is 5.56 Å². The smallest absolute Gasteiger partial charge is 0.262 e. The zero-order chi connectivity index (χ0) is 22.5. The molecule has 31 heavy (non-hydrogen) atoms. The first kappa shape index (κ1) is 23.0. The summed E-state index contributed by atoms with van der Waals surface area (Å²) in [5.74, 6) is 0.219. The molecule has 1 aromatic heterocycles. The Morgan fingerprint density at radius 2 is 1.81 bits per heavy atom. The summed E-state index contributed by atoms with van der Waals surface area (Å²) in [6.07, 6.45) is 0.850. The van der Waals surface area contributed by atoms with Gasteiger partial charge in [0.25, 0.3) is 5.56 Å². The van der Waals surface area contributed by atoms with Gasteiger partial charge < -0.3 is 4.90 Å². The van der Waals surface area contributed by atoms with Gasteiger partial charge in [-0.15, -0.1) is 0 Å². The highest BCUT2D eigenvalue weighted by molar-refractivity contribution is 7.99. The molecule has 0 aliphatic rings. The topological polar surface area (TPSA) is 55.2 Å². The van der Waals surface area contributed by atoms with Crippen molar-refractivity contribution in [1.29, 1.82) is 0 Å². The van der Waals surface area contributed by atoms with Crippen LogP contribution in [-0.2, 0) is 11.3 Å². The summed E-state index contributed by atoms with van der Waals surface area (Å²) in [5.41, 5.74) is 1.42. The van der Waals surface area contributed by atoms with E-state index in [1.165, 1.54) is 23.9 Å². The number of para-hydroxylation sites is 1. The number of benzene rings is 2. The van der Waals surface area contributed by atoms with Crippen molar-refractivity contribution >= 4 is 28.6 Å². The molecule has 1 heterocycles. The van der Waals surface area contributed by atoms with Crippen LogP contribution >= 0.6 is 11.8 Å². The van der Waals surface area contributed by atoms with Gasteiger partial charge in [0.15, 0.2) is 5.16 Å². The van der Waals surface area contributed by atoms with E-state index >= 15 is 0 Å². The summed E-state index contributed by atoms with van der Waals surface area (Å²) < 4.78 is 14.9. The molecule has 2 aromatic carbocycles. The van der Waals surface area contributed by atoms with E-state index in [1.54, 1.807) is 34.7 Å². The lowest BCUT2D eigenvalue weighted by Crippen LogP contribution is -2.31. The van der Waals surface area contributed by atoms with Crippen LogP contribution in [0.3, 0.4) is 0 Å². The number of rotatable bonds is 8. The van der Waals surface area contributed by atoms with Crippen LogP contribution in [0.1, 0.15) is 38.8 Å². The molecule has 1 unspecified atom stereocenters. The van der Waals surface area contributed by atoms with Gasteiger partial charge in [-0.25, -0.2) is 9.37 Å². The third-order valence-corrected chi connectivity index (χ3v) is 6.37. The summed E-state index contributed by atoms with van der Waals surface area (Å²) in [6.45, 7) is 6.69. The number of hydrogen-bond acceptors (Lipinski definition) is 4. The van der Waals surface area contributed by atoms with E-state index in [-0.39, 0.29) is 29.1 Å². The number of amides is 1. The molecule has 0 saturated carbocycles. The highest BCUT2D eigenvalue weighted by Gasteiger charge is 2.19. The number of aromatic nitrogens is 2. The maximum atomic E-state index is 13.2. The van der Waals surface area contributed by atoms with Crippen molar-refractivity contribution < 1.29 is 9.18 Å². The minimum atomic E-state index is -0.303. The largest absolute Gasteiger partial charge is 0.338 e. The summed E-state index contributed by atoms with van der Waals surface area (Å²) in [6, 6.07) is 13.3. The molecule has 0 aliphatic heterocycles. The second-order valence-electron chi connectivity index (χ2n) is 8.07. The van der Waals surface area contributed by atoms with Gasteiger partial charge in [-0.3, -0.25) is 14.2 Å². The summed E-state index contributed by atoms with van der Waals surface area (Å²) in [5, 5.41) is 1.14. The molecule has 5 nitrogen and oxygen atoms in total. The first-order valence-corrected chi connectivity index (χ1v) is 11.4. The minimum absolute atomic E-state index is 0.0748. The Morgan fingerprint density at radius 3 is 2.48 bits per heavy atom. The van der Waals surface area contributed by atoms with E-state index in [0.717, 1.165) is 12.0 Å². The van der Waals surface area contributed by atoms with Gasteiger partial charge in [0.2, 0.25) is 5.91 Å². The lowest BCUT2D eigenvalue weighted by atomic mass is 10.1. The minimum Gasteiger partial charge on any atom is -0.338 e. The fourth-order valence-corrected chi connectivity index (χ4v) is 4.20. The first-order chi connectivity index (χ1) is 14.8. The molecular formula is C24H28FN3O2S. The van der Waals surface area contributed by atoms with Crippen molar-refractivity contribution in [3.05, 3.63) is 70.3 Å². The number of nitrogens with zero attached hydrogens (tertiary/aromatic N) is 3. The van der Waals surface area contributed by atoms with Crippen molar-refractivity contribution in [3.8, 4) is 0 Å². The number of carbonyl (C=O) groups is 1. The Hall–Kier alpha value is -2.67. The van der Waals surface area contributed by atoms with Crippen molar-refractivity contribution in [1.82, 2.24) is 14.5 Å². The molecule has 0 radical (unpaired) electrons. The molecule has 164 valence electrons. The number of carbonyl (C=O) groups excluding carboxylic acids is 1. The van der Waals surface area contributed by atoms with Crippen molar-refractivity contribution in [2.45, 2.75) is 44.9 Å². The number of halogens is 1. The van der Waals surface area contributed by atoms with Gasteiger partial charge in [0.05, 0.1) is 22.7 Å². The van der Waals surface area contributed by atoms with E-state index in [2.05, 4.69) is 18.8 Å². The maximum Gasteiger partial charge on any atom is 0.262 e.